The Labute approximate surface area is 230 Å². The quantitative estimate of drug-likeness (QED) is 0.526. The first-order valence-corrected chi connectivity index (χ1v) is 14.7. The average molecular weight is 556 g/mol. The Hall–Kier alpha value is -2.97. The number of nitrogens with zero attached hydrogens (tertiary/aromatic N) is 3. The number of pyridine rings is 1. The molecule has 2 N–H and O–H groups in total. The molecule has 1 aromatic heterocycles. The van der Waals surface area contributed by atoms with Crippen molar-refractivity contribution < 1.29 is 28.2 Å². The molecule has 3 atom stereocenters. The second-order valence-electron chi connectivity index (χ2n) is 10.8. The topological polar surface area (TPSA) is 120 Å². The van der Waals surface area contributed by atoms with Crippen LogP contribution in [0.2, 0.25) is 0 Å². The highest BCUT2D eigenvalue weighted by molar-refractivity contribution is 7.89. The van der Waals surface area contributed by atoms with Gasteiger partial charge in [-0.3, -0.25) is 4.79 Å². The smallest absolute Gasteiger partial charge is 0.259 e. The molecule has 2 heterocycles. The van der Waals surface area contributed by atoms with Crippen LogP contribution in [0.4, 0.5) is 0 Å². The van der Waals surface area contributed by atoms with E-state index in [0.29, 0.717) is 18.4 Å². The number of rotatable bonds is 6. The van der Waals surface area contributed by atoms with E-state index in [9.17, 15) is 23.4 Å². The Morgan fingerprint density at radius 3 is 2.56 bits per heavy atom. The number of aromatic nitrogens is 1. The zero-order valence-corrected chi connectivity index (χ0v) is 23.7. The largest absolute Gasteiger partial charge is 0.472 e. The van der Waals surface area contributed by atoms with Gasteiger partial charge in [0.15, 0.2) is 0 Å². The number of aryl methyl sites for hydroxylation is 1. The lowest BCUT2D eigenvalue weighted by Gasteiger charge is -2.37. The SMILES string of the molecule is Cc1ccc(S(=O)(=O)N(C)C[C@@H]2Oc3ncc(C#CC4(O)CCCC4)cc3C(=O)N([C@@H](C)CO)C[C@H]2C)cc1. The number of ether oxygens (including phenoxy) is 1. The van der Waals surface area contributed by atoms with Crippen molar-refractivity contribution in [2.45, 2.75) is 69.1 Å². The Morgan fingerprint density at radius 1 is 1.26 bits per heavy atom. The molecule has 0 radical (unpaired) electrons. The van der Waals surface area contributed by atoms with E-state index in [4.69, 9.17) is 4.74 Å². The van der Waals surface area contributed by atoms with Crippen LogP contribution in [-0.2, 0) is 10.0 Å². The van der Waals surface area contributed by atoms with E-state index in [1.54, 1.807) is 42.2 Å². The summed E-state index contributed by atoms with van der Waals surface area (Å²) in [6.07, 6.45) is 3.93. The highest BCUT2D eigenvalue weighted by Gasteiger charge is 2.36. The number of aliphatic hydroxyl groups is 2. The van der Waals surface area contributed by atoms with Gasteiger partial charge in [-0.2, -0.15) is 4.31 Å². The van der Waals surface area contributed by atoms with E-state index in [1.165, 1.54) is 17.5 Å². The molecule has 9 nitrogen and oxygen atoms in total. The molecule has 1 aliphatic heterocycles. The van der Waals surface area contributed by atoms with Crippen LogP contribution < -0.4 is 4.74 Å². The van der Waals surface area contributed by atoms with E-state index >= 15 is 0 Å². The van der Waals surface area contributed by atoms with Crippen LogP contribution >= 0.6 is 0 Å². The van der Waals surface area contributed by atoms with Crippen molar-refractivity contribution in [3.63, 3.8) is 0 Å². The second kappa shape index (κ2) is 11.6. The maximum atomic E-state index is 13.6. The normalized spacial score (nSPS) is 21.8. The molecule has 0 spiro atoms. The second-order valence-corrected chi connectivity index (χ2v) is 12.8. The predicted octanol–water partition coefficient (Wildman–Crippen LogP) is 2.59. The minimum atomic E-state index is -3.78. The third kappa shape index (κ3) is 6.44. The molecule has 39 heavy (non-hydrogen) atoms. The van der Waals surface area contributed by atoms with Gasteiger partial charge in [-0.25, -0.2) is 13.4 Å². The zero-order valence-electron chi connectivity index (χ0n) is 22.9. The summed E-state index contributed by atoms with van der Waals surface area (Å²) in [7, 11) is -2.28. The van der Waals surface area contributed by atoms with Gasteiger partial charge in [-0.15, -0.1) is 0 Å². The summed E-state index contributed by atoms with van der Waals surface area (Å²) in [5, 5.41) is 20.5. The number of benzene rings is 1. The lowest BCUT2D eigenvalue weighted by Crippen LogP contribution is -2.50. The molecule has 10 heteroatoms. The van der Waals surface area contributed by atoms with E-state index < -0.39 is 27.8 Å². The molecule has 4 rings (SSSR count). The van der Waals surface area contributed by atoms with Gasteiger partial charge in [-0.05, 0) is 57.7 Å². The summed E-state index contributed by atoms with van der Waals surface area (Å²) >= 11 is 0. The molecule has 1 saturated carbocycles. The summed E-state index contributed by atoms with van der Waals surface area (Å²) in [6.45, 7) is 5.57. The van der Waals surface area contributed by atoms with Crippen LogP contribution in [0.15, 0.2) is 41.4 Å². The van der Waals surface area contributed by atoms with E-state index in [0.717, 1.165) is 18.4 Å². The lowest BCUT2D eigenvalue weighted by atomic mass is 10.00. The Balaban J connectivity index is 1.66. The molecule has 1 aromatic carbocycles. The first kappa shape index (κ1) is 29.0. The standard InChI is InChI=1S/C29H37N3O6S/c1-20-7-9-24(10-8-20)39(36,37)31(4)18-26-21(2)17-32(22(3)19-33)28(34)25-15-23(16-30-27(25)38-26)11-14-29(35)12-5-6-13-29/h7-10,15-16,21-22,26,33,35H,5-6,12-13,17-19H2,1-4H3/t21-,22+,26+/m1/s1. The first-order chi connectivity index (χ1) is 18.4. The molecule has 210 valence electrons. The molecule has 0 saturated heterocycles. The first-order valence-electron chi connectivity index (χ1n) is 13.3. The van der Waals surface area contributed by atoms with Crippen LogP contribution in [0.5, 0.6) is 5.88 Å². The molecule has 1 aliphatic carbocycles. The molecule has 2 aromatic rings. The van der Waals surface area contributed by atoms with Gasteiger partial charge in [0, 0.05) is 31.3 Å². The maximum absolute atomic E-state index is 13.6. The van der Waals surface area contributed by atoms with Gasteiger partial charge in [0.2, 0.25) is 15.9 Å². The highest BCUT2D eigenvalue weighted by atomic mass is 32.2. The molecule has 1 amide bonds. The molecule has 0 bridgehead atoms. The van der Waals surface area contributed by atoms with Crippen molar-refractivity contribution >= 4 is 15.9 Å². The number of carbonyl (C=O) groups is 1. The molecular weight excluding hydrogens is 518 g/mol. The number of fused-ring (bicyclic) bond motifs is 1. The molecular formula is C29H37N3O6S. The predicted molar refractivity (Wildman–Crippen MR) is 147 cm³/mol. The van der Waals surface area contributed by atoms with Crippen molar-refractivity contribution in [1.82, 2.24) is 14.2 Å². The third-order valence-electron chi connectivity index (χ3n) is 7.56. The van der Waals surface area contributed by atoms with Gasteiger partial charge >= 0.3 is 0 Å². The van der Waals surface area contributed by atoms with Gasteiger partial charge in [0.05, 0.1) is 24.1 Å². The monoisotopic (exact) mass is 555 g/mol. The minimum Gasteiger partial charge on any atom is -0.472 e. The highest BCUT2D eigenvalue weighted by Crippen LogP contribution is 2.30. The average Bonchev–Trinajstić information content (AvgIpc) is 3.35. The Morgan fingerprint density at radius 2 is 1.92 bits per heavy atom. The minimum absolute atomic E-state index is 0.0304. The summed E-state index contributed by atoms with van der Waals surface area (Å²) in [5.74, 6) is 5.35. The van der Waals surface area contributed by atoms with Crippen molar-refractivity contribution in [3.8, 4) is 17.7 Å². The summed E-state index contributed by atoms with van der Waals surface area (Å²) in [6, 6.07) is 7.77. The summed E-state index contributed by atoms with van der Waals surface area (Å²) < 4.78 is 34.0. The lowest BCUT2D eigenvalue weighted by molar-refractivity contribution is 0.0373. The van der Waals surface area contributed by atoms with Gasteiger partial charge in [0.1, 0.15) is 17.3 Å². The Bertz CT molecular complexity index is 1360. The fraction of sp³-hybridized carbons (Fsp3) is 0.517. The van der Waals surface area contributed by atoms with E-state index in [-0.39, 0.29) is 47.9 Å². The number of aliphatic hydroxyl groups excluding tert-OH is 1. The third-order valence-corrected chi connectivity index (χ3v) is 9.40. The van der Waals surface area contributed by atoms with Crippen LogP contribution in [-0.4, -0.2) is 83.2 Å². The van der Waals surface area contributed by atoms with E-state index in [2.05, 4.69) is 16.8 Å². The van der Waals surface area contributed by atoms with Gasteiger partial charge < -0.3 is 19.8 Å². The Kier molecular flexibility index (Phi) is 8.66. The van der Waals surface area contributed by atoms with Crippen LogP contribution in [0.25, 0.3) is 0 Å². The molecule has 1 fully saturated rings. The fourth-order valence-corrected chi connectivity index (χ4v) is 6.09. The summed E-state index contributed by atoms with van der Waals surface area (Å²) in [4.78, 5) is 19.8. The fourth-order valence-electron chi connectivity index (χ4n) is 4.90. The van der Waals surface area contributed by atoms with E-state index in [1.807, 2.05) is 13.8 Å². The maximum Gasteiger partial charge on any atom is 0.259 e. The van der Waals surface area contributed by atoms with Crippen molar-refractivity contribution in [3.05, 3.63) is 53.2 Å². The number of carbonyl (C=O) groups excluding carboxylic acids is 1. The van der Waals surface area contributed by atoms with Gasteiger partial charge in [-0.1, -0.05) is 36.5 Å². The number of sulfonamides is 1. The van der Waals surface area contributed by atoms with Crippen molar-refractivity contribution in [2.24, 2.45) is 5.92 Å². The zero-order chi connectivity index (χ0) is 28.4. The summed E-state index contributed by atoms with van der Waals surface area (Å²) in [5.41, 5.74) is 0.574. The van der Waals surface area contributed by atoms with Gasteiger partial charge in [0.25, 0.3) is 5.91 Å². The van der Waals surface area contributed by atoms with Crippen LogP contribution in [0, 0.1) is 24.7 Å². The van der Waals surface area contributed by atoms with Crippen LogP contribution in [0.3, 0.4) is 0 Å². The number of amides is 1. The van der Waals surface area contributed by atoms with Crippen LogP contribution in [0.1, 0.15) is 61.0 Å². The number of hydrogen-bond donors (Lipinski definition) is 2. The molecule has 0 unspecified atom stereocenters. The molecule has 2 aliphatic rings. The van der Waals surface area contributed by atoms with Crippen molar-refractivity contribution in [1.29, 1.82) is 0 Å². The number of hydrogen-bond acceptors (Lipinski definition) is 7. The number of likely N-dealkylation sites (N-methyl/N-ethyl adjacent to an activating group) is 1. The van der Waals surface area contributed by atoms with Crippen molar-refractivity contribution in [2.75, 3.05) is 26.7 Å².